The molecule has 4 heteroatoms. The molecular formula is C11H18ClN3. The molecule has 0 saturated heterocycles. The minimum Gasteiger partial charge on any atom is -0.356 e. The van der Waals surface area contributed by atoms with Crippen molar-refractivity contribution in [3.63, 3.8) is 0 Å². The average molecular weight is 228 g/mol. The average Bonchev–Trinajstić information content (AvgIpc) is 2.14. The van der Waals surface area contributed by atoms with Crippen LogP contribution >= 0.6 is 11.6 Å². The summed E-state index contributed by atoms with van der Waals surface area (Å²) < 4.78 is 0. The van der Waals surface area contributed by atoms with Crippen LogP contribution in [-0.4, -0.2) is 23.1 Å². The zero-order valence-electron chi connectivity index (χ0n) is 9.95. The molecule has 15 heavy (non-hydrogen) atoms. The van der Waals surface area contributed by atoms with Crippen LogP contribution in [0, 0.1) is 5.41 Å². The van der Waals surface area contributed by atoms with Crippen LogP contribution < -0.4 is 4.90 Å². The first-order chi connectivity index (χ1) is 6.82. The maximum atomic E-state index is 5.76. The molecule has 1 unspecified atom stereocenters. The van der Waals surface area contributed by atoms with Gasteiger partial charge in [0.05, 0.1) is 0 Å². The second kappa shape index (κ2) is 4.35. The van der Waals surface area contributed by atoms with Gasteiger partial charge in [0.25, 0.3) is 0 Å². The number of anilines is 1. The van der Waals surface area contributed by atoms with Gasteiger partial charge >= 0.3 is 0 Å². The van der Waals surface area contributed by atoms with Gasteiger partial charge in [-0.25, -0.2) is 9.97 Å². The lowest BCUT2D eigenvalue weighted by molar-refractivity contribution is 0.328. The fourth-order valence-corrected chi connectivity index (χ4v) is 1.44. The smallest absolute Gasteiger partial charge is 0.224 e. The maximum absolute atomic E-state index is 5.76. The maximum Gasteiger partial charge on any atom is 0.224 e. The summed E-state index contributed by atoms with van der Waals surface area (Å²) in [6.45, 7) is 8.79. The van der Waals surface area contributed by atoms with Crippen LogP contribution in [0.3, 0.4) is 0 Å². The lowest BCUT2D eigenvalue weighted by Crippen LogP contribution is -2.39. The lowest BCUT2D eigenvalue weighted by atomic mass is 9.87. The third-order valence-electron chi connectivity index (χ3n) is 2.81. The summed E-state index contributed by atoms with van der Waals surface area (Å²) >= 11 is 5.76. The molecule has 1 rings (SSSR count). The van der Waals surface area contributed by atoms with Gasteiger partial charge in [0.2, 0.25) is 5.28 Å². The molecule has 0 bridgehead atoms. The standard InChI is InChI=1S/C11H18ClN3/c1-8(11(2,3)4)15(5)9-6-7-13-10(12)14-9/h6-8H,1-5H3. The van der Waals surface area contributed by atoms with Crippen LogP contribution in [0.5, 0.6) is 0 Å². The number of hydrogen-bond acceptors (Lipinski definition) is 3. The molecule has 1 aromatic rings. The highest BCUT2D eigenvalue weighted by atomic mass is 35.5. The third-order valence-corrected chi connectivity index (χ3v) is 2.99. The number of nitrogens with zero attached hydrogens (tertiary/aromatic N) is 3. The van der Waals surface area contributed by atoms with E-state index in [9.17, 15) is 0 Å². The minimum atomic E-state index is 0.201. The zero-order valence-corrected chi connectivity index (χ0v) is 10.7. The molecule has 0 spiro atoms. The molecule has 0 amide bonds. The van der Waals surface area contributed by atoms with Gasteiger partial charge in [-0.05, 0) is 30.0 Å². The van der Waals surface area contributed by atoms with E-state index in [4.69, 9.17) is 11.6 Å². The number of rotatable bonds is 2. The molecule has 1 aromatic heterocycles. The Morgan fingerprint density at radius 2 is 2.00 bits per heavy atom. The van der Waals surface area contributed by atoms with Crippen LogP contribution in [-0.2, 0) is 0 Å². The normalized spacial score (nSPS) is 13.7. The fourth-order valence-electron chi connectivity index (χ4n) is 1.30. The summed E-state index contributed by atoms with van der Waals surface area (Å²) in [7, 11) is 2.02. The van der Waals surface area contributed by atoms with Crippen LogP contribution in [0.4, 0.5) is 5.82 Å². The number of hydrogen-bond donors (Lipinski definition) is 0. The Hall–Kier alpha value is -0.830. The van der Waals surface area contributed by atoms with Crippen molar-refractivity contribution in [2.45, 2.75) is 33.7 Å². The molecule has 0 aromatic carbocycles. The second-order valence-corrected chi connectivity index (χ2v) is 5.17. The van der Waals surface area contributed by atoms with Crippen molar-refractivity contribution in [2.75, 3.05) is 11.9 Å². The summed E-state index contributed by atoms with van der Waals surface area (Å²) in [6, 6.07) is 2.25. The van der Waals surface area contributed by atoms with Gasteiger partial charge in [0.1, 0.15) is 5.82 Å². The van der Waals surface area contributed by atoms with Crippen molar-refractivity contribution >= 4 is 17.4 Å². The Balaban J connectivity index is 2.90. The van der Waals surface area contributed by atoms with Gasteiger partial charge < -0.3 is 4.90 Å². The van der Waals surface area contributed by atoms with E-state index < -0.39 is 0 Å². The SMILES string of the molecule is CC(N(C)c1ccnc(Cl)n1)C(C)(C)C. The van der Waals surface area contributed by atoms with E-state index in [-0.39, 0.29) is 5.41 Å². The molecule has 0 radical (unpaired) electrons. The molecule has 0 aliphatic rings. The second-order valence-electron chi connectivity index (χ2n) is 4.84. The first-order valence-corrected chi connectivity index (χ1v) is 5.41. The van der Waals surface area contributed by atoms with E-state index in [2.05, 4.69) is 42.6 Å². The fraction of sp³-hybridized carbons (Fsp3) is 0.636. The summed E-state index contributed by atoms with van der Waals surface area (Å²) in [4.78, 5) is 10.2. The highest BCUT2D eigenvalue weighted by Gasteiger charge is 2.24. The van der Waals surface area contributed by atoms with Crippen molar-refractivity contribution in [1.29, 1.82) is 0 Å². The highest BCUT2D eigenvalue weighted by molar-refractivity contribution is 6.28. The predicted octanol–water partition coefficient (Wildman–Crippen LogP) is 3.00. The first-order valence-electron chi connectivity index (χ1n) is 5.04. The van der Waals surface area contributed by atoms with Crippen LogP contribution in [0.15, 0.2) is 12.3 Å². The predicted molar refractivity (Wildman–Crippen MR) is 64.4 cm³/mol. The van der Waals surface area contributed by atoms with Crippen LogP contribution in [0.25, 0.3) is 0 Å². The summed E-state index contributed by atoms with van der Waals surface area (Å²) in [5.41, 5.74) is 0.201. The van der Waals surface area contributed by atoms with E-state index in [1.807, 2.05) is 13.1 Å². The molecule has 3 nitrogen and oxygen atoms in total. The molecule has 84 valence electrons. The number of halogens is 1. The first kappa shape index (κ1) is 12.2. The third kappa shape index (κ3) is 3.06. The Labute approximate surface area is 96.5 Å². The Morgan fingerprint density at radius 3 is 2.47 bits per heavy atom. The largest absolute Gasteiger partial charge is 0.356 e. The molecular weight excluding hydrogens is 210 g/mol. The zero-order chi connectivity index (χ0) is 11.6. The van der Waals surface area contributed by atoms with Crippen molar-refractivity contribution in [3.05, 3.63) is 17.5 Å². The van der Waals surface area contributed by atoms with Crippen LogP contribution in [0.2, 0.25) is 5.28 Å². The van der Waals surface area contributed by atoms with E-state index >= 15 is 0 Å². The molecule has 1 atom stereocenters. The summed E-state index contributed by atoms with van der Waals surface area (Å²) in [6.07, 6.45) is 1.68. The minimum absolute atomic E-state index is 0.201. The topological polar surface area (TPSA) is 29.0 Å². The van der Waals surface area contributed by atoms with Gasteiger partial charge in [-0.3, -0.25) is 0 Å². The van der Waals surface area contributed by atoms with E-state index in [1.54, 1.807) is 6.20 Å². The molecule has 0 saturated carbocycles. The molecule has 0 aliphatic carbocycles. The highest BCUT2D eigenvalue weighted by Crippen LogP contribution is 2.26. The van der Waals surface area contributed by atoms with Gasteiger partial charge in [0.15, 0.2) is 0 Å². The molecule has 0 N–H and O–H groups in total. The van der Waals surface area contributed by atoms with E-state index in [1.165, 1.54) is 0 Å². The van der Waals surface area contributed by atoms with E-state index in [0.29, 0.717) is 11.3 Å². The lowest BCUT2D eigenvalue weighted by Gasteiger charge is -2.36. The van der Waals surface area contributed by atoms with Crippen molar-refractivity contribution in [2.24, 2.45) is 5.41 Å². The number of aromatic nitrogens is 2. The Bertz CT molecular complexity index is 333. The van der Waals surface area contributed by atoms with Gasteiger partial charge in [-0.1, -0.05) is 20.8 Å². The van der Waals surface area contributed by atoms with Crippen molar-refractivity contribution in [3.8, 4) is 0 Å². The molecule has 1 heterocycles. The van der Waals surface area contributed by atoms with Gasteiger partial charge in [0, 0.05) is 19.3 Å². The van der Waals surface area contributed by atoms with E-state index in [0.717, 1.165) is 5.82 Å². The van der Waals surface area contributed by atoms with Gasteiger partial charge in [-0.2, -0.15) is 0 Å². The van der Waals surface area contributed by atoms with Crippen molar-refractivity contribution < 1.29 is 0 Å². The van der Waals surface area contributed by atoms with Crippen molar-refractivity contribution in [1.82, 2.24) is 9.97 Å². The Kier molecular flexibility index (Phi) is 3.55. The quantitative estimate of drug-likeness (QED) is 0.728. The molecule has 0 aliphatic heterocycles. The summed E-state index contributed by atoms with van der Waals surface area (Å²) in [5, 5.41) is 0.292. The Morgan fingerprint density at radius 1 is 1.40 bits per heavy atom. The van der Waals surface area contributed by atoms with Gasteiger partial charge in [-0.15, -0.1) is 0 Å². The van der Waals surface area contributed by atoms with Crippen LogP contribution in [0.1, 0.15) is 27.7 Å². The molecule has 0 fully saturated rings. The summed E-state index contributed by atoms with van der Waals surface area (Å²) in [5.74, 6) is 0.859. The monoisotopic (exact) mass is 227 g/mol.